The van der Waals surface area contributed by atoms with Crippen LogP contribution in [0.2, 0.25) is 25.4 Å². The molecule has 0 fully saturated rings. The SMILES string of the molecule is Nc1cc(Nc2nc(Cl)nc(Nc3cccc4cc(S(=O)(=O)O)c(N=Nc5nc6cc(Cl)c(Cl)cc6s5)c(O)c34)n2)cc2cc(S(=O)(=O)O)c(N=Nc3nc4cc(Cl)c(Cl)cc4s3)c(O)c12. The molecular formula is C37H19Cl5N12O8S4. The molecule has 0 bridgehead atoms. The first-order valence-electron chi connectivity index (χ1n) is 17.8. The van der Waals surface area contributed by atoms with E-state index in [1.165, 1.54) is 42.5 Å². The van der Waals surface area contributed by atoms with Crippen LogP contribution in [0.25, 0.3) is 42.0 Å². The summed E-state index contributed by atoms with van der Waals surface area (Å²) in [5, 5.41) is 45.5. The number of phenols is 2. The fourth-order valence-electron chi connectivity index (χ4n) is 6.49. The molecule has 29 heteroatoms. The highest BCUT2D eigenvalue weighted by molar-refractivity contribution is 7.86. The molecule has 0 aliphatic heterocycles. The molecular weight excluding hydrogens is 1050 g/mol. The van der Waals surface area contributed by atoms with E-state index in [0.717, 1.165) is 34.8 Å². The lowest BCUT2D eigenvalue weighted by molar-refractivity contribution is 0.472. The fraction of sp³-hybridized carbons (Fsp3) is 0. The summed E-state index contributed by atoms with van der Waals surface area (Å²) in [6, 6.07) is 15.4. The maximum atomic E-state index is 12.6. The van der Waals surface area contributed by atoms with Crippen LogP contribution in [0, 0.1) is 0 Å². The van der Waals surface area contributed by atoms with Crippen molar-refractivity contribution in [3.63, 3.8) is 0 Å². The summed E-state index contributed by atoms with van der Waals surface area (Å²) < 4.78 is 71.8. The predicted molar refractivity (Wildman–Crippen MR) is 254 cm³/mol. The van der Waals surface area contributed by atoms with Crippen LogP contribution >= 0.6 is 80.7 Å². The first-order valence-corrected chi connectivity index (χ1v) is 24.2. The third-order valence-corrected chi connectivity index (χ3v) is 14.4. The number of anilines is 5. The highest BCUT2D eigenvalue weighted by Gasteiger charge is 2.26. The first kappa shape index (κ1) is 45.3. The second-order valence-electron chi connectivity index (χ2n) is 13.5. The zero-order valence-electron chi connectivity index (χ0n) is 31.9. The summed E-state index contributed by atoms with van der Waals surface area (Å²) in [6.45, 7) is 0. The number of hydrogen-bond donors (Lipinski definition) is 7. The molecule has 0 aliphatic carbocycles. The Balaban J connectivity index is 1.05. The van der Waals surface area contributed by atoms with E-state index in [2.05, 4.69) is 56.0 Å². The molecule has 66 heavy (non-hydrogen) atoms. The van der Waals surface area contributed by atoms with Gasteiger partial charge < -0.3 is 26.6 Å². The van der Waals surface area contributed by atoms with Crippen LogP contribution in [0.15, 0.2) is 97.0 Å². The van der Waals surface area contributed by atoms with Gasteiger partial charge in [-0.15, -0.1) is 20.5 Å². The Morgan fingerprint density at radius 1 is 0.576 bits per heavy atom. The molecule has 334 valence electrons. The number of phenolic OH excluding ortho intramolecular Hbond substituents is 2. The quantitative estimate of drug-likeness (QED) is 0.0380. The van der Waals surface area contributed by atoms with Gasteiger partial charge in [0.25, 0.3) is 20.2 Å². The van der Waals surface area contributed by atoms with E-state index < -0.39 is 52.9 Å². The number of nitrogen functional groups attached to an aromatic ring is 1. The molecule has 9 aromatic rings. The maximum Gasteiger partial charge on any atom is 0.296 e. The van der Waals surface area contributed by atoms with E-state index in [0.29, 0.717) is 20.4 Å². The average molecular weight is 1070 g/mol. The number of aromatic hydroxyl groups is 2. The average Bonchev–Trinajstić information content (AvgIpc) is 3.81. The molecule has 0 radical (unpaired) electrons. The number of nitrogens with zero attached hydrogens (tertiary/aromatic N) is 9. The van der Waals surface area contributed by atoms with Crippen LogP contribution in [0.4, 0.5) is 50.6 Å². The van der Waals surface area contributed by atoms with Gasteiger partial charge in [-0.25, -0.2) is 9.97 Å². The number of thiazole rings is 2. The molecule has 0 aliphatic rings. The maximum absolute atomic E-state index is 12.6. The van der Waals surface area contributed by atoms with Crippen molar-refractivity contribution in [2.75, 3.05) is 16.4 Å². The molecule has 6 aromatic carbocycles. The number of nitrogens with one attached hydrogen (secondary N) is 2. The molecule has 0 amide bonds. The summed E-state index contributed by atoms with van der Waals surface area (Å²) >= 11 is 32.8. The van der Waals surface area contributed by atoms with Crippen molar-refractivity contribution in [2.24, 2.45) is 20.5 Å². The third-order valence-electron chi connectivity index (χ3n) is 9.23. The summed E-state index contributed by atoms with van der Waals surface area (Å²) in [7, 11) is -10.0. The minimum atomic E-state index is -5.04. The zero-order chi connectivity index (χ0) is 47.0. The second kappa shape index (κ2) is 17.1. The summed E-state index contributed by atoms with van der Waals surface area (Å²) in [4.78, 5) is 19.5. The predicted octanol–water partition coefficient (Wildman–Crippen LogP) is 12.5. The van der Waals surface area contributed by atoms with Gasteiger partial charge in [-0.3, -0.25) is 9.11 Å². The Kier molecular flexibility index (Phi) is 11.7. The number of rotatable bonds is 10. The van der Waals surface area contributed by atoms with Gasteiger partial charge in [0.1, 0.15) is 21.2 Å². The van der Waals surface area contributed by atoms with Gasteiger partial charge in [0.15, 0.2) is 11.5 Å². The molecule has 20 nitrogen and oxygen atoms in total. The molecule has 0 saturated carbocycles. The van der Waals surface area contributed by atoms with Crippen molar-refractivity contribution in [1.29, 1.82) is 0 Å². The van der Waals surface area contributed by atoms with Gasteiger partial charge in [0.05, 0.1) is 46.2 Å². The second-order valence-corrected chi connectivity index (χ2v) is 20.3. The Bertz CT molecular complexity index is 3780. The van der Waals surface area contributed by atoms with Crippen molar-refractivity contribution in [2.45, 2.75) is 9.79 Å². The topological polar surface area (TPSA) is 313 Å². The van der Waals surface area contributed by atoms with Crippen LogP contribution in [0.5, 0.6) is 11.5 Å². The highest BCUT2D eigenvalue weighted by Crippen LogP contribution is 2.47. The molecule has 0 saturated heterocycles. The van der Waals surface area contributed by atoms with Gasteiger partial charge in [0, 0.05) is 22.1 Å². The molecule has 3 heterocycles. The van der Waals surface area contributed by atoms with Crippen LogP contribution in [0.3, 0.4) is 0 Å². The van der Waals surface area contributed by atoms with Crippen molar-refractivity contribution >= 4 is 193 Å². The number of fused-ring (bicyclic) bond motifs is 4. The minimum absolute atomic E-state index is 0.00156. The molecule has 0 atom stereocenters. The summed E-state index contributed by atoms with van der Waals surface area (Å²) in [5.41, 5.74) is 6.15. The standard InChI is InChI=1S/C37H19Cl5N12O8S4/c38-15-8-21-23(10-17(15)40)63-36(46-21)53-51-29-26(66(60,61)62)6-13-4-14(7-19(43)27(13)31(29)55)44-34-48-33(42)49-35(50-34)45-20-3-1-2-12-5-25(65(57,58)59)30(32(56)28(12)20)52-54-37-47-22-9-16(39)18(41)11-24(22)64-37/h1-11,55-56H,43H2,(H,57,58,59)(H,60,61,62)(H2,44,45,48,49,50). The van der Waals surface area contributed by atoms with Gasteiger partial charge in [-0.05, 0) is 77.0 Å². The number of aromatic nitrogens is 5. The van der Waals surface area contributed by atoms with E-state index in [-0.39, 0.29) is 86.1 Å². The smallest absolute Gasteiger partial charge is 0.296 e. The lowest BCUT2D eigenvalue weighted by atomic mass is 10.1. The lowest BCUT2D eigenvalue weighted by Gasteiger charge is -2.14. The highest BCUT2D eigenvalue weighted by atomic mass is 35.5. The van der Waals surface area contributed by atoms with Crippen molar-refractivity contribution in [3.8, 4) is 11.5 Å². The van der Waals surface area contributed by atoms with Crippen LogP contribution in [-0.4, -0.2) is 61.1 Å². The minimum Gasteiger partial charge on any atom is -0.505 e. The molecule has 0 unspecified atom stereocenters. The summed E-state index contributed by atoms with van der Waals surface area (Å²) in [5.74, 6) is -1.83. The molecule has 0 spiro atoms. The van der Waals surface area contributed by atoms with Crippen molar-refractivity contribution < 1.29 is 36.2 Å². The summed E-state index contributed by atoms with van der Waals surface area (Å²) in [6.07, 6.45) is 0. The largest absolute Gasteiger partial charge is 0.505 e. The number of azo groups is 2. The number of hydrogen-bond acceptors (Lipinski definition) is 20. The third kappa shape index (κ3) is 8.87. The molecule has 8 N–H and O–H groups in total. The van der Waals surface area contributed by atoms with Crippen molar-refractivity contribution in [1.82, 2.24) is 24.9 Å². The monoisotopic (exact) mass is 1060 g/mol. The van der Waals surface area contributed by atoms with Gasteiger partial charge in [-0.1, -0.05) is 81.2 Å². The normalized spacial score (nSPS) is 12.5. The Morgan fingerprint density at radius 2 is 1.08 bits per heavy atom. The molecule has 9 rings (SSSR count). The van der Waals surface area contributed by atoms with E-state index in [9.17, 15) is 36.2 Å². The van der Waals surface area contributed by atoms with E-state index in [1.54, 1.807) is 12.1 Å². The Morgan fingerprint density at radius 3 is 1.62 bits per heavy atom. The fourth-order valence-corrected chi connectivity index (χ4v) is 10.4. The van der Waals surface area contributed by atoms with Crippen molar-refractivity contribution in [3.05, 3.63) is 92.1 Å². The van der Waals surface area contributed by atoms with Gasteiger partial charge in [-0.2, -0.15) is 31.8 Å². The number of halogens is 5. The van der Waals surface area contributed by atoms with Gasteiger partial charge in [0.2, 0.25) is 27.4 Å². The lowest BCUT2D eigenvalue weighted by Crippen LogP contribution is -2.05. The molecule has 3 aromatic heterocycles. The zero-order valence-corrected chi connectivity index (χ0v) is 38.9. The van der Waals surface area contributed by atoms with Crippen LogP contribution < -0.4 is 16.4 Å². The Labute approximate surface area is 401 Å². The number of nitrogens with two attached hydrogens (primary N) is 1. The van der Waals surface area contributed by atoms with E-state index in [4.69, 9.17) is 63.7 Å². The first-order chi connectivity index (χ1) is 31.2. The van der Waals surface area contributed by atoms with E-state index in [1.807, 2.05) is 0 Å². The van der Waals surface area contributed by atoms with E-state index >= 15 is 0 Å². The van der Waals surface area contributed by atoms with Crippen LogP contribution in [-0.2, 0) is 20.2 Å². The number of benzene rings is 6. The van der Waals surface area contributed by atoms with Gasteiger partial charge >= 0.3 is 0 Å². The van der Waals surface area contributed by atoms with Crippen LogP contribution in [0.1, 0.15) is 0 Å². The Hall–Kier alpha value is -5.90.